The fourth-order valence-corrected chi connectivity index (χ4v) is 4.95. The SMILES string of the molecule is O=C(O)CN1C(=O)/C(=C2/C(=O)N(Cc3ccccc3)c3ccc(Br)cc32)SC1=S. The molecule has 0 radical (unpaired) electrons. The van der Waals surface area contributed by atoms with Gasteiger partial charge in [0.1, 0.15) is 10.9 Å². The van der Waals surface area contributed by atoms with Crippen molar-refractivity contribution in [2.75, 3.05) is 11.4 Å². The number of hydrogen-bond acceptors (Lipinski definition) is 5. The van der Waals surface area contributed by atoms with Gasteiger partial charge in [-0.25, -0.2) is 0 Å². The average molecular weight is 489 g/mol. The van der Waals surface area contributed by atoms with E-state index in [0.29, 0.717) is 17.8 Å². The van der Waals surface area contributed by atoms with Gasteiger partial charge in [-0.05, 0) is 23.8 Å². The number of aliphatic carboxylic acids is 1. The molecule has 0 atom stereocenters. The molecule has 4 rings (SSSR count). The van der Waals surface area contributed by atoms with Crippen molar-refractivity contribution in [3.63, 3.8) is 0 Å². The van der Waals surface area contributed by atoms with Gasteiger partial charge in [0.05, 0.1) is 22.7 Å². The molecule has 0 unspecified atom stereocenters. The van der Waals surface area contributed by atoms with Crippen LogP contribution in [0.25, 0.3) is 5.57 Å². The summed E-state index contributed by atoms with van der Waals surface area (Å²) in [5.74, 6) is -2.03. The van der Waals surface area contributed by atoms with Crippen molar-refractivity contribution in [3.8, 4) is 0 Å². The third kappa shape index (κ3) is 3.61. The number of carboxylic acids is 1. The molecule has 2 aromatic rings. The van der Waals surface area contributed by atoms with Gasteiger partial charge in [0.25, 0.3) is 11.8 Å². The maximum absolute atomic E-state index is 13.4. The minimum Gasteiger partial charge on any atom is -0.480 e. The van der Waals surface area contributed by atoms with Gasteiger partial charge < -0.3 is 10.0 Å². The van der Waals surface area contributed by atoms with Crippen LogP contribution in [0.5, 0.6) is 0 Å². The van der Waals surface area contributed by atoms with E-state index in [1.165, 1.54) is 0 Å². The van der Waals surface area contributed by atoms with Crippen molar-refractivity contribution in [2.45, 2.75) is 6.54 Å². The number of carboxylic acid groups (broad SMARTS) is 1. The molecule has 2 amide bonds. The molecular weight excluding hydrogens is 476 g/mol. The zero-order valence-electron chi connectivity index (χ0n) is 14.8. The number of rotatable bonds is 4. The highest BCUT2D eigenvalue weighted by molar-refractivity contribution is 9.10. The van der Waals surface area contributed by atoms with Crippen molar-refractivity contribution in [2.24, 2.45) is 0 Å². The zero-order valence-corrected chi connectivity index (χ0v) is 18.0. The molecule has 0 aromatic heterocycles. The number of carbonyl (C=O) groups excluding carboxylic acids is 2. The van der Waals surface area contributed by atoms with Crippen LogP contribution in [-0.2, 0) is 20.9 Å². The summed E-state index contributed by atoms with van der Waals surface area (Å²) in [4.78, 5) is 40.1. The molecule has 1 fully saturated rings. The lowest BCUT2D eigenvalue weighted by molar-refractivity contribution is -0.140. The number of benzene rings is 2. The Balaban J connectivity index is 1.81. The lowest BCUT2D eigenvalue weighted by atomic mass is 10.1. The molecule has 6 nitrogen and oxygen atoms in total. The van der Waals surface area contributed by atoms with Gasteiger partial charge in [0.15, 0.2) is 0 Å². The molecule has 1 N–H and O–H groups in total. The molecule has 29 heavy (non-hydrogen) atoms. The Labute approximate surface area is 184 Å². The maximum Gasteiger partial charge on any atom is 0.323 e. The van der Waals surface area contributed by atoms with E-state index in [2.05, 4.69) is 15.9 Å². The van der Waals surface area contributed by atoms with Crippen LogP contribution in [0.3, 0.4) is 0 Å². The lowest BCUT2D eigenvalue weighted by Crippen LogP contribution is -2.33. The van der Waals surface area contributed by atoms with Gasteiger partial charge in [-0.2, -0.15) is 0 Å². The monoisotopic (exact) mass is 488 g/mol. The molecule has 9 heteroatoms. The number of thiocarbonyl (C=S) groups is 1. The Bertz CT molecular complexity index is 1100. The molecule has 0 spiro atoms. The molecule has 0 aliphatic carbocycles. The number of nitrogens with zero attached hydrogens (tertiary/aromatic N) is 2. The number of carbonyl (C=O) groups is 3. The molecule has 2 aliphatic heterocycles. The first kappa shape index (κ1) is 19.8. The van der Waals surface area contributed by atoms with Crippen molar-refractivity contribution < 1.29 is 19.5 Å². The maximum atomic E-state index is 13.4. The first-order valence-corrected chi connectivity index (χ1v) is 10.5. The molecule has 2 aliphatic rings. The number of fused-ring (bicyclic) bond motifs is 1. The molecule has 0 bridgehead atoms. The van der Waals surface area contributed by atoms with Gasteiger partial charge in [-0.3, -0.25) is 19.3 Å². The summed E-state index contributed by atoms with van der Waals surface area (Å²) in [6.45, 7) is -0.179. The molecule has 2 heterocycles. The predicted molar refractivity (Wildman–Crippen MR) is 118 cm³/mol. The fourth-order valence-electron chi connectivity index (χ4n) is 3.27. The second-order valence-corrected chi connectivity index (χ2v) is 8.96. The van der Waals surface area contributed by atoms with E-state index in [9.17, 15) is 14.4 Å². The highest BCUT2D eigenvalue weighted by Crippen LogP contribution is 2.45. The van der Waals surface area contributed by atoms with Crippen LogP contribution in [0.15, 0.2) is 57.9 Å². The van der Waals surface area contributed by atoms with Crippen molar-refractivity contribution in [1.29, 1.82) is 0 Å². The average Bonchev–Trinajstić information content (AvgIpc) is 3.10. The van der Waals surface area contributed by atoms with E-state index < -0.39 is 18.4 Å². The van der Waals surface area contributed by atoms with E-state index in [1.807, 2.05) is 42.5 Å². The fraction of sp³-hybridized carbons (Fsp3) is 0.100. The Hall–Kier alpha value is -2.49. The Morgan fingerprint density at radius 1 is 1.07 bits per heavy atom. The second-order valence-electron chi connectivity index (χ2n) is 6.40. The number of amides is 2. The van der Waals surface area contributed by atoms with Crippen molar-refractivity contribution in [3.05, 3.63) is 69.0 Å². The smallest absolute Gasteiger partial charge is 0.323 e. The summed E-state index contributed by atoms with van der Waals surface area (Å²) >= 11 is 9.57. The van der Waals surface area contributed by atoms with Crippen molar-refractivity contribution >= 4 is 73.3 Å². The Kier molecular flexibility index (Phi) is 5.28. The highest BCUT2D eigenvalue weighted by atomic mass is 79.9. The molecule has 2 aromatic carbocycles. The summed E-state index contributed by atoms with van der Waals surface area (Å²) in [6.07, 6.45) is 0. The largest absolute Gasteiger partial charge is 0.480 e. The summed E-state index contributed by atoms with van der Waals surface area (Å²) in [6, 6.07) is 15.0. The summed E-state index contributed by atoms with van der Waals surface area (Å²) in [5.41, 5.74) is 2.52. The first-order chi connectivity index (χ1) is 13.9. The first-order valence-electron chi connectivity index (χ1n) is 8.52. The van der Waals surface area contributed by atoms with Gasteiger partial charge in [0.2, 0.25) is 0 Å². The summed E-state index contributed by atoms with van der Waals surface area (Å²) in [7, 11) is 0. The summed E-state index contributed by atoms with van der Waals surface area (Å²) in [5, 5.41) is 9.05. The minimum absolute atomic E-state index is 0.130. The van der Waals surface area contributed by atoms with Crippen molar-refractivity contribution in [1.82, 2.24) is 4.90 Å². The zero-order chi connectivity index (χ0) is 20.7. The number of halogens is 1. The second kappa shape index (κ2) is 7.74. The van der Waals surface area contributed by atoms with Crippen LogP contribution in [0.2, 0.25) is 0 Å². The van der Waals surface area contributed by atoms with E-state index in [4.69, 9.17) is 17.3 Å². The predicted octanol–water partition coefficient (Wildman–Crippen LogP) is 3.65. The molecular formula is C20H13BrN2O4S2. The molecule has 0 saturated carbocycles. The quantitative estimate of drug-likeness (QED) is 0.522. The van der Waals surface area contributed by atoms with E-state index >= 15 is 0 Å². The van der Waals surface area contributed by atoms with Crippen LogP contribution in [0.4, 0.5) is 5.69 Å². The van der Waals surface area contributed by atoms with Gasteiger partial charge >= 0.3 is 5.97 Å². The van der Waals surface area contributed by atoms with Crippen LogP contribution in [0, 0.1) is 0 Å². The van der Waals surface area contributed by atoms with Gasteiger partial charge in [0, 0.05) is 10.0 Å². The number of hydrogen-bond donors (Lipinski definition) is 1. The molecule has 1 saturated heterocycles. The van der Waals surface area contributed by atoms with Crippen LogP contribution >= 0.6 is 39.9 Å². The van der Waals surface area contributed by atoms with E-state index in [1.54, 1.807) is 11.0 Å². The third-order valence-electron chi connectivity index (χ3n) is 4.53. The minimum atomic E-state index is -1.17. The summed E-state index contributed by atoms with van der Waals surface area (Å²) < 4.78 is 0.898. The number of thioether (sulfide) groups is 1. The van der Waals surface area contributed by atoms with Gasteiger partial charge in [-0.1, -0.05) is 70.2 Å². The van der Waals surface area contributed by atoms with E-state index in [-0.39, 0.29) is 20.7 Å². The Morgan fingerprint density at radius 3 is 2.48 bits per heavy atom. The Morgan fingerprint density at radius 2 is 1.79 bits per heavy atom. The van der Waals surface area contributed by atoms with Crippen LogP contribution in [-0.4, -0.2) is 38.7 Å². The topological polar surface area (TPSA) is 77.9 Å². The number of anilines is 1. The highest BCUT2D eigenvalue weighted by Gasteiger charge is 2.42. The normalized spacial score (nSPS) is 18.6. The molecule has 146 valence electrons. The lowest BCUT2D eigenvalue weighted by Gasteiger charge is -2.17. The van der Waals surface area contributed by atoms with Gasteiger partial charge in [-0.15, -0.1) is 0 Å². The van der Waals surface area contributed by atoms with Crippen LogP contribution < -0.4 is 4.90 Å². The van der Waals surface area contributed by atoms with E-state index in [0.717, 1.165) is 26.7 Å². The van der Waals surface area contributed by atoms with Crippen LogP contribution in [0.1, 0.15) is 11.1 Å². The standard InChI is InChI=1S/C20H13BrN2O4S2/c21-12-6-7-14-13(8-12)16(17-19(27)23(10-15(24)25)20(28)29-17)18(26)22(14)9-11-4-2-1-3-5-11/h1-8H,9-10H2,(H,24,25)/b17-16-. The third-order valence-corrected chi connectivity index (χ3v) is 6.47.